The van der Waals surface area contributed by atoms with Gasteiger partial charge >= 0.3 is 12.0 Å². The molecular formula is C16H15BrF3N5O3. The van der Waals surface area contributed by atoms with Gasteiger partial charge in [-0.1, -0.05) is 0 Å². The van der Waals surface area contributed by atoms with Gasteiger partial charge < -0.3 is 15.0 Å². The van der Waals surface area contributed by atoms with Crippen LogP contribution in [0.3, 0.4) is 0 Å². The van der Waals surface area contributed by atoms with Crippen molar-refractivity contribution in [1.82, 2.24) is 9.97 Å². The number of nitrogens with one attached hydrogen (secondary N) is 1. The van der Waals surface area contributed by atoms with Gasteiger partial charge in [-0.05, 0) is 53.4 Å². The van der Waals surface area contributed by atoms with Crippen molar-refractivity contribution in [2.45, 2.75) is 25.6 Å². The Balaban J connectivity index is 1.91. The smallest absolute Gasteiger partial charge is 0.406 e. The van der Waals surface area contributed by atoms with Gasteiger partial charge in [-0.15, -0.1) is 13.2 Å². The molecule has 2 aromatic rings. The maximum atomic E-state index is 12.3. The molecule has 1 aliphatic heterocycles. The number of nitro groups is 1. The molecule has 0 saturated carbocycles. The number of alkyl halides is 3. The molecule has 1 aliphatic rings. The summed E-state index contributed by atoms with van der Waals surface area (Å²) in [6, 6.07) is 3.51. The molecule has 0 spiro atoms. The van der Waals surface area contributed by atoms with Crippen LogP contribution < -0.4 is 15.0 Å². The number of anilines is 3. The highest BCUT2D eigenvalue weighted by atomic mass is 79.9. The summed E-state index contributed by atoms with van der Waals surface area (Å²) >= 11 is 3.14. The second-order valence-electron chi connectivity index (χ2n) is 6.01. The molecular weight excluding hydrogens is 447 g/mol. The maximum Gasteiger partial charge on any atom is 0.573 e. The summed E-state index contributed by atoms with van der Waals surface area (Å²) in [5, 5.41) is 14.5. The fourth-order valence-electron chi connectivity index (χ4n) is 2.89. The summed E-state index contributed by atoms with van der Waals surface area (Å²) in [5.74, 6) is -0.253. The monoisotopic (exact) mass is 461 g/mol. The van der Waals surface area contributed by atoms with E-state index in [2.05, 4.69) is 36.0 Å². The van der Waals surface area contributed by atoms with Gasteiger partial charge in [0.15, 0.2) is 0 Å². The Morgan fingerprint density at radius 2 is 1.93 bits per heavy atom. The van der Waals surface area contributed by atoms with Crippen LogP contribution in [0.1, 0.15) is 19.3 Å². The van der Waals surface area contributed by atoms with Crippen LogP contribution >= 0.6 is 15.9 Å². The third-order valence-corrected chi connectivity index (χ3v) is 4.72. The molecule has 0 radical (unpaired) electrons. The maximum absolute atomic E-state index is 12.3. The average molecular weight is 462 g/mol. The quantitative estimate of drug-likeness (QED) is 0.505. The number of aromatic nitrogens is 2. The summed E-state index contributed by atoms with van der Waals surface area (Å²) in [5.41, 5.74) is 0.00726. The molecule has 1 saturated heterocycles. The lowest BCUT2D eigenvalue weighted by atomic mass is 10.1. The van der Waals surface area contributed by atoms with E-state index in [4.69, 9.17) is 0 Å². The summed E-state index contributed by atoms with van der Waals surface area (Å²) < 4.78 is 41.1. The largest absolute Gasteiger partial charge is 0.573 e. The SMILES string of the molecule is O=[N+]([O-])c1c(Nc2ccc(OC(F)(F)F)cc2Br)ncnc1N1CCCCC1. The van der Waals surface area contributed by atoms with Crippen molar-refractivity contribution in [2.24, 2.45) is 0 Å². The van der Waals surface area contributed by atoms with Crippen LogP contribution in [-0.2, 0) is 0 Å². The number of benzene rings is 1. The molecule has 28 heavy (non-hydrogen) atoms. The van der Waals surface area contributed by atoms with Gasteiger partial charge in [-0.2, -0.15) is 0 Å². The van der Waals surface area contributed by atoms with E-state index in [1.165, 1.54) is 12.4 Å². The highest BCUT2D eigenvalue weighted by Gasteiger charge is 2.31. The van der Waals surface area contributed by atoms with Crippen LogP contribution in [0.5, 0.6) is 5.75 Å². The van der Waals surface area contributed by atoms with E-state index in [-0.39, 0.29) is 21.8 Å². The Morgan fingerprint density at radius 1 is 1.21 bits per heavy atom. The topological polar surface area (TPSA) is 93.4 Å². The van der Waals surface area contributed by atoms with Crippen LogP contribution in [0.2, 0.25) is 0 Å². The number of rotatable bonds is 5. The average Bonchev–Trinajstić information content (AvgIpc) is 2.63. The molecule has 0 atom stereocenters. The zero-order chi connectivity index (χ0) is 20.3. The normalized spacial score (nSPS) is 14.6. The van der Waals surface area contributed by atoms with Gasteiger partial charge in [0, 0.05) is 17.6 Å². The molecule has 12 heteroatoms. The zero-order valence-corrected chi connectivity index (χ0v) is 16.0. The minimum atomic E-state index is -4.82. The van der Waals surface area contributed by atoms with Gasteiger partial charge in [-0.3, -0.25) is 10.1 Å². The second-order valence-corrected chi connectivity index (χ2v) is 6.87. The van der Waals surface area contributed by atoms with Crippen molar-refractivity contribution in [3.05, 3.63) is 39.1 Å². The Hall–Kier alpha value is -2.63. The fraction of sp³-hybridized carbons (Fsp3) is 0.375. The van der Waals surface area contributed by atoms with E-state index in [9.17, 15) is 23.3 Å². The van der Waals surface area contributed by atoms with Crippen molar-refractivity contribution in [2.75, 3.05) is 23.3 Å². The molecule has 1 fully saturated rings. The van der Waals surface area contributed by atoms with E-state index < -0.39 is 17.0 Å². The molecule has 150 valence electrons. The Kier molecular flexibility index (Phi) is 5.87. The van der Waals surface area contributed by atoms with Crippen molar-refractivity contribution < 1.29 is 22.8 Å². The lowest BCUT2D eigenvalue weighted by molar-refractivity contribution is -0.383. The zero-order valence-electron chi connectivity index (χ0n) is 14.4. The first-order chi connectivity index (χ1) is 13.2. The predicted octanol–water partition coefficient (Wildman–Crippen LogP) is 4.78. The van der Waals surface area contributed by atoms with E-state index in [1.54, 1.807) is 0 Å². The minimum absolute atomic E-state index is 0.0502. The molecule has 0 aliphatic carbocycles. The van der Waals surface area contributed by atoms with E-state index in [1.807, 2.05) is 4.90 Å². The Morgan fingerprint density at radius 3 is 2.54 bits per heavy atom. The molecule has 1 aromatic carbocycles. The number of nitrogens with zero attached hydrogens (tertiary/aromatic N) is 4. The molecule has 2 heterocycles. The standard InChI is InChI=1S/C16H15BrF3N5O3/c17-11-8-10(28-16(18,19)20)4-5-12(11)23-14-13(25(26)27)15(22-9-21-14)24-6-2-1-3-7-24/h4-5,8-9H,1-3,6-7H2,(H,21,22,23). The predicted molar refractivity (Wildman–Crippen MR) is 98.9 cm³/mol. The van der Waals surface area contributed by atoms with Crippen LogP contribution in [0.15, 0.2) is 29.0 Å². The van der Waals surface area contributed by atoms with Gasteiger partial charge in [0.25, 0.3) is 0 Å². The fourth-order valence-corrected chi connectivity index (χ4v) is 3.34. The summed E-state index contributed by atoms with van der Waals surface area (Å²) in [7, 11) is 0. The molecule has 3 rings (SSSR count). The first-order valence-corrected chi connectivity index (χ1v) is 9.10. The van der Waals surface area contributed by atoms with Gasteiger partial charge in [0.2, 0.25) is 11.6 Å². The molecule has 0 amide bonds. The Labute approximate surface area is 166 Å². The van der Waals surface area contributed by atoms with Crippen molar-refractivity contribution in [3.8, 4) is 5.75 Å². The Bertz CT molecular complexity index is 875. The lowest BCUT2D eigenvalue weighted by Gasteiger charge is -2.27. The molecule has 0 unspecified atom stereocenters. The second kappa shape index (κ2) is 8.17. The summed E-state index contributed by atoms with van der Waals surface area (Å²) in [6.07, 6.45) is -0.719. The van der Waals surface area contributed by atoms with E-state index in [0.717, 1.165) is 31.4 Å². The molecule has 1 aromatic heterocycles. The van der Waals surface area contributed by atoms with Crippen LogP contribution in [0.4, 0.5) is 36.2 Å². The lowest BCUT2D eigenvalue weighted by Crippen LogP contribution is -2.31. The van der Waals surface area contributed by atoms with Crippen molar-refractivity contribution in [3.63, 3.8) is 0 Å². The van der Waals surface area contributed by atoms with Crippen LogP contribution in [-0.4, -0.2) is 34.3 Å². The van der Waals surface area contributed by atoms with Gasteiger partial charge in [0.1, 0.15) is 12.1 Å². The van der Waals surface area contributed by atoms with Crippen molar-refractivity contribution >= 4 is 38.9 Å². The first-order valence-electron chi connectivity index (χ1n) is 8.31. The highest BCUT2D eigenvalue weighted by Crippen LogP contribution is 2.37. The van der Waals surface area contributed by atoms with Crippen LogP contribution in [0, 0.1) is 10.1 Å². The molecule has 1 N–H and O–H groups in total. The summed E-state index contributed by atoms with van der Waals surface area (Å²) in [6.45, 7) is 1.31. The van der Waals surface area contributed by atoms with Crippen LogP contribution in [0.25, 0.3) is 0 Å². The van der Waals surface area contributed by atoms with E-state index in [0.29, 0.717) is 18.8 Å². The van der Waals surface area contributed by atoms with E-state index >= 15 is 0 Å². The number of hydrogen-bond acceptors (Lipinski definition) is 7. The number of halogens is 4. The van der Waals surface area contributed by atoms with Crippen molar-refractivity contribution in [1.29, 1.82) is 0 Å². The third-order valence-electron chi connectivity index (χ3n) is 4.07. The minimum Gasteiger partial charge on any atom is -0.406 e. The summed E-state index contributed by atoms with van der Waals surface area (Å²) in [4.78, 5) is 21.0. The first kappa shape index (κ1) is 20.1. The highest BCUT2D eigenvalue weighted by molar-refractivity contribution is 9.10. The number of ether oxygens (including phenoxy) is 1. The number of piperidine rings is 1. The molecule has 8 nitrogen and oxygen atoms in total. The van der Waals surface area contributed by atoms with Gasteiger partial charge in [-0.25, -0.2) is 9.97 Å². The number of hydrogen-bond donors (Lipinski definition) is 1. The molecule has 0 bridgehead atoms. The third kappa shape index (κ3) is 4.80. The van der Waals surface area contributed by atoms with Gasteiger partial charge in [0.05, 0.1) is 10.6 Å².